The summed E-state index contributed by atoms with van der Waals surface area (Å²) < 4.78 is 5.76. The Bertz CT molecular complexity index is 737. The number of aliphatic hydroxyl groups excluding tert-OH is 1. The van der Waals surface area contributed by atoms with E-state index < -0.39 is 5.97 Å². The smallest absolute Gasteiger partial charge is 0.550 e. The average Bonchev–Trinajstić information content (AvgIpc) is 3.12. The molecule has 33 heavy (non-hydrogen) atoms. The summed E-state index contributed by atoms with van der Waals surface area (Å²) in [5, 5.41) is 21.4. The van der Waals surface area contributed by atoms with Crippen LogP contribution in [-0.2, 0) is 11.2 Å². The van der Waals surface area contributed by atoms with Gasteiger partial charge in [0.05, 0.1) is 13.2 Å². The van der Waals surface area contributed by atoms with Gasteiger partial charge >= 0.3 is 29.6 Å². The van der Waals surface area contributed by atoms with Crippen LogP contribution in [-0.4, -0.2) is 24.3 Å². The number of carbonyl (C=O) groups excluding carboxylic acids is 1. The molecule has 2 rings (SSSR count). The fraction of sp³-hybridized carbons (Fsp3) is 0.679. The number of rotatable bonds is 11. The van der Waals surface area contributed by atoms with Crippen molar-refractivity contribution in [2.24, 2.45) is 11.8 Å². The Hall–Kier alpha value is -0.990. The van der Waals surface area contributed by atoms with Crippen molar-refractivity contribution < 1.29 is 49.3 Å². The zero-order valence-electron chi connectivity index (χ0n) is 21.8. The summed E-state index contributed by atoms with van der Waals surface area (Å²) in [7, 11) is 1.68. The average molecular weight is 467 g/mol. The van der Waals surface area contributed by atoms with E-state index in [9.17, 15) is 15.0 Å². The van der Waals surface area contributed by atoms with E-state index in [0.29, 0.717) is 18.8 Å². The number of aliphatic carboxylic acids is 1. The summed E-state index contributed by atoms with van der Waals surface area (Å²) in [6.45, 7) is 8.37. The molecule has 0 aromatic heterocycles. The molecule has 1 aromatic carbocycles. The Labute approximate surface area is 224 Å². The first-order valence-electron chi connectivity index (χ1n) is 12.3. The van der Waals surface area contributed by atoms with Crippen molar-refractivity contribution in [1.29, 1.82) is 0 Å². The second-order valence-corrected chi connectivity index (χ2v) is 9.05. The van der Waals surface area contributed by atoms with Crippen LogP contribution in [0.15, 0.2) is 18.2 Å². The zero-order chi connectivity index (χ0) is 23.9. The molecule has 4 atom stereocenters. The number of methoxy groups -OCH3 is 1. The maximum atomic E-state index is 10.7. The number of para-hydroxylation sites is 1. The van der Waals surface area contributed by atoms with Gasteiger partial charge in [-0.25, -0.2) is 0 Å². The molecule has 1 aromatic rings. The van der Waals surface area contributed by atoms with Gasteiger partial charge in [0.2, 0.25) is 0 Å². The van der Waals surface area contributed by atoms with Crippen LogP contribution in [0.5, 0.6) is 5.75 Å². The molecule has 180 valence electrons. The van der Waals surface area contributed by atoms with Gasteiger partial charge in [-0.3, -0.25) is 0 Å². The number of carboxylic acids is 1. The Kier molecular flexibility index (Phi) is 17.8. The summed E-state index contributed by atoms with van der Waals surface area (Å²) in [6, 6.07) is 6.14. The van der Waals surface area contributed by atoms with Crippen LogP contribution < -0.4 is 39.4 Å². The van der Waals surface area contributed by atoms with Crippen LogP contribution in [0.3, 0.4) is 0 Å². The van der Waals surface area contributed by atoms with Crippen molar-refractivity contribution in [3.05, 3.63) is 29.3 Å². The molecule has 5 heteroatoms. The number of aliphatic hydroxyl groups is 1. The fourth-order valence-corrected chi connectivity index (χ4v) is 4.67. The van der Waals surface area contributed by atoms with Gasteiger partial charge in [0, 0.05) is 12.4 Å². The monoisotopic (exact) mass is 466 g/mol. The summed E-state index contributed by atoms with van der Waals surface area (Å²) in [5.74, 6) is 7.08. The van der Waals surface area contributed by atoms with Crippen LogP contribution in [0.2, 0.25) is 0 Å². The molecular weight excluding hydrogens is 423 g/mol. The van der Waals surface area contributed by atoms with Gasteiger partial charge in [-0.15, -0.1) is 11.8 Å². The first kappa shape index (κ1) is 32.0. The third-order valence-electron chi connectivity index (χ3n) is 6.20. The Morgan fingerprint density at radius 2 is 1.97 bits per heavy atom. The normalized spacial score (nSPS) is 19.9. The van der Waals surface area contributed by atoms with Gasteiger partial charge in [-0.05, 0) is 80.8 Å². The number of ether oxygens (including phenoxy) is 1. The molecule has 2 unspecified atom stereocenters. The minimum atomic E-state index is -1.02. The quantitative estimate of drug-likeness (QED) is 0.401. The van der Waals surface area contributed by atoms with Gasteiger partial charge in [0.1, 0.15) is 5.75 Å². The van der Waals surface area contributed by atoms with Crippen LogP contribution in [0.1, 0.15) is 103 Å². The second kappa shape index (κ2) is 18.4. The summed E-state index contributed by atoms with van der Waals surface area (Å²) in [4.78, 5) is 10.7. The van der Waals surface area contributed by atoms with Crippen LogP contribution in [0.4, 0.5) is 0 Å². The van der Waals surface area contributed by atoms with Crippen molar-refractivity contribution in [3.63, 3.8) is 0 Å². The van der Waals surface area contributed by atoms with Gasteiger partial charge < -0.3 is 19.7 Å². The largest absolute Gasteiger partial charge is 1.00 e. The number of hydrogen-bond donors (Lipinski definition) is 1. The molecule has 0 amide bonds. The van der Waals surface area contributed by atoms with Gasteiger partial charge in [0.15, 0.2) is 0 Å². The fourth-order valence-electron chi connectivity index (χ4n) is 4.67. The van der Waals surface area contributed by atoms with Crippen molar-refractivity contribution >= 4 is 5.97 Å². The van der Waals surface area contributed by atoms with E-state index in [0.717, 1.165) is 55.4 Å². The number of carbonyl (C=O) groups is 1. The second-order valence-electron chi connectivity index (χ2n) is 9.05. The standard InChI is InChI=1S/C25H36O4.C3H8.Na/c1-4-5-9-18(2)10-6-13-21-20(16-17-23(21)26)22-14-7-11-19(25(22)29-3)12-8-15-24(27)28;1-3-2;/h7,11,14,18,20-21,23,26H,6,8-10,12-13,15-17H2,1-3H3,(H,27,28);3H2,1-2H3;/q;;+1/p-1/t18?,20-,21?,23+;;/m0../s1. The van der Waals surface area contributed by atoms with Gasteiger partial charge in [-0.1, -0.05) is 51.8 Å². The minimum Gasteiger partial charge on any atom is -0.550 e. The zero-order valence-corrected chi connectivity index (χ0v) is 23.8. The van der Waals surface area contributed by atoms with Crippen LogP contribution >= 0.6 is 0 Å². The Morgan fingerprint density at radius 3 is 2.58 bits per heavy atom. The summed E-state index contributed by atoms with van der Waals surface area (Å²) >= 11 is 0. The molecule has 1 N–H and O–H groups in total. The number of aryl methyl sites for hydroxylation is 1. The molecule has 0 radical (unpaired) electrons. The third kappa shape index (κ3) is 11.3. The number of carboxylic acid groups (broad SMARTS) is 1. The van der Waals surface area contributed by atoms with E-state index in [-0.39, 0.29) is 53.9 Å². The molecule has 0 heterocycles. The van der Waals surface area contributed by atoms with E-state index in [1.807, 2.05) is 19.1 Å². The van der Waals surface area contributed by atoms with Gasteiger partial charge in [0.25, 0.3) is 0 Å². The first-order chi connectivity index (χ1) is 15.4. The first-order valence-corrected chi connectivity index (χ1v) is 12.3. The third-order valence-corrected chi connectivity index (χ3v) is 6.20. The van der Waals surface area contributed by atoms with Crippen molar-refractivity contribution in [3.8, 4) is 17.6 Å². The van der Waals surface area contributed by atoms with Crippen LogP contribution in [0.25, 0.3) is 0 Å². The molecule has 0 aliphatic heterocycles. The van der Waals surface area contributed by atoms with E-state index >= 15 is 0 Å². The molecule has 4 nitrogen and oxygen atoms in total. The van der Waals surface area contributed by atoms with Crippen LogP contribution in [0, 0.1) is 23.7 Å². The van der Waals surface area contributed by atoms with Crippen molar-refractivity contribution in [1.82, 2.24) is 0 Å². The molecule has 0 bridgehead atoms. The number of benzene rings is 1. The maximum absolute atomic E-state index is 10.7. The Morgan fingerprint density at radius 1 is 1.27 bits per heavy atom. The predicted molar refractivity (Wildman–Crippen MR) is 129 cm³/mol. The van der Waals surface area contributed by atoms with Crippen molar-refractivity contribution in [2.75, 3.05) is 7.11 Å². The molecular formula is C28H43NaO4. The predicted octanol–water partition coefficient (Wildman–Crippen LogP) is 2.26. The van der Waals surface area contributed by atoms with E-state index in [1.54, 1.807) is 7.11 Å². The molecule has 1 aliphatic rings. The molecule has 1 saturated carbocycles. The summed E-state index contributed by atoms with van der Waals surface area (Å²) in [6.07, 6.45) is 8.19. The Balaban J connectivity index is 0.00000242. The topological polar surface area (TPSA) is 69.6 Å². The van der Waals surface area contributed by atoms with Gasteiger partial charge in [-0.2, -0.15) is 0 Å². The van der Waals surface area contributed by atoms with Crippen molar-refractivity contribution in [2.45, 2.75) is 104 Å². The summed E-state index contributed by atoms with van der Waals surface area (Å²) in [5.41, 5.74) is 2.20. The van der Waals surface area contributed by atoms with E-state index in [1.165, 1.54) is 6.42 Å². The molecule has 1 fully saturated rings. The molecule has 1 aliphatic carbocycles. The number of hydrogen-bond acceptors (Lipinski definition) is 4. The maximum Gasteiger partial charge on any atom is 1.00 e. The SMILES string of the molecule is CC#CCC(C)CCCC1[C@H](O)CC[C@@H]1c1cccc(CCCC(=O)[O-])c1OC.CCC.[Na+]. The molecule has 0 spiro atoms. The van der Waals surface area contributed by atoms with E-state index in [4.69, 9.17) is 4.74 Å². The minimum absolute atomic E-state index is 0. The van der Waals surface area contributed by atoms with E-state index in [2.05, 4.69) is 38.7 Å². The molecule has 0 saturated heterocycles.